The van der Waals surface area contributed by atoms with Crippen LogP contribution in [0.3, 0.4) is 0 Å². The summed E-state index contributed by atoms with van der Waals surface area (Å²) in [5.41, 5.74) is 2.10. The molecule has 1 aliphatic rings. The average molecular weight is 283 g/mol. The van der Waals surface area contributed by atoms with Crippen molar-refractivity contribution in [2.24, 2.45) is 11.8 Å². The predicted molar refractivity (Wildman–Crippen MR) is 85.0 cm³/mol. The number of hydrogen-bond acceptors (Lipinski definition) is 2. The summed E-state index contributed by atoms with van der Waals surface area (Å²) in [6, 6.07) is 10.2. The third-order valence-corrected chi connectivity index (χ3v) is 4.77. The average Bonchev–Trinajstić information content (AvgIpc) is 2.49. The van der Waals surface area contributed by atoms with Gasteiger partial charge in [0.05, 0.1) is 6.07 Å². The number of carbonyl (C=O) groups is 1. The van der Waals surface area contributed by atoms with Gasteiger partial charge in [0.1, 0.15) is 5.92 Å². The number of ketones is 1. The molecule has 2 nitrogen and oxygen atoms in total. The Morgan fingerprint density at radius 1 is 1.10 bits per heavy atom. The van der Waals surface area contributed by atoms with Crippen LogP contribution in [0.1, 0.15) is 69.4 Å². The van der Waals surface area contributed by atoms with Crippen molar-refractivity contribution >= 4 is 5.78 Å². The van der Waals surface area contributed by atoms with Crippen LogP contribution < -0.4 is 0 Å². The summed E-state index contributed by atoms with van der Waals surface area (Å²) in [6.07, 6.45) is 4.12. The molecule has 0 aliphatic heterocycles. The first-order valence-electron chi connectivity index (χ1n) is 8.06. The molecule has 112 valence electrons. The first-order chi connectivity index (χ1) is 10.0. The first-order valence-corrected chi connectivity index (χ1v) is 8.06. The highest BCUT2D eigenvalue weighted by atomic mass is 16.1. The minimum atomic E-state index is -0.593. The number of benzene rings is 1. The normalized spacial score (nSPS) is 23.6. The molecule has 1 aliphatic carbocycles. The largest absolute Gasteiger partial charge is 0.298 e. The Bertz CT molecular complexity index is 515. The van der Waals surface area contributed by atoms with Gasteiger partial charge in [-0.15, -0.1) is 0 Å². The van der Waals surface area contributed by atoms with E-state index in [0.717, 1.165) is 37.2 Å². The van der Waals surface area contributed by atoms with Crippen molar-refractivity contribution in [3.63, 3.8) is 0 Å². The highest BCUT2D eigenvalue weighted by Crippen LogP contribution is 2.33. The standard InChI is InChI=1S/C19H25NO/c1-13(2)15-8-10-16(11-9-15)18(12-20)19(21)17-6-4-14(3)5-7-17/h8-11,13-14,17-18H,4-7H2,1-3H3. The van der Waals surface area contributed by atoms with Crippen molar-refractivity contribution in [3.05, 3.63) is 35.4 Å². The molecular formula is C19H25NO. The van der Waals surface area contributed by atoms with Crippen LogP contribution in [-0.4, -0.2) is 5.78 Å². The quantitative estimate of drug-likeness (QED) is 0.795. The molecule has 21 heavy (non-hydrogen) atoms. The molecule has 0 spiro atoms. The van der Waals surface area contributed by atoms with Gasteiger partial charge in [0.25, 0.3) is 0 Å². The van der Waals surface area contributed by atoms with Crippen LogP contribution in [-0.2, 0) is 4.79 Å². The van der Waals surface area contributed by atoms with Gasteiger partial charge in [-0.1, -0.05) is 57.9 Å². The van der Waals surface area contributed by atoms with Crippen LogP contribution in [0.4, 0.5) is 0 Å². The van der Waals surface area contributed by atoms with Crippen LogP contribution in [0, 0.1) is 23.2 Å². The van der Waals surface area contributed by atoms with Crippen LogP contribution in [0.15, 0.2) is 24.3 Å². The molecule has 2 heteroatoms. The Hall–Kier alpha value is -1.62. The zero-order valence-electron chi connectivity index (χ0n) is 13.3. The summed E-state index contributed by atoms with van der Waals surface area (Å²) < 4.78 is 0. The summed E-state index contributed by atoms with van der Waals surface area (Å²) in [5, 5.41) is 9.44. The number of nitrogens with zero attached hydrogens (tertiary/aromatic N) is 1. The van der Waals surface area contributed by atoms with Crippen LogP contribution in [0.5, 0.6) is 0 Å². The molecule has 1 fully saturated rings. The van der Waals surface area contributed by atoms with Gasteiger partial charge in [0, 0.05) is 5.92 Å². The molecular weight excluding hydrogens is 258 g/mol. The van der Waals surface area contributed by atoms with E-state index in [9.17, 15) is 10.1 Å². The third kappa shape index (κ3) is 3.73. The number of carbonyl (C=O) groups excluding carboxylic acids is 1. The Morgan fingerprint density at radius 2 is 1.62 bits per heavy atom. The molecule has 1 atom stereocenters. The van der Waals surface area contributed by atoms with E-state index in [4.69, 9.17) is 0 Å². The molecule has 1 saturated carbocycles. The van der Waals surface area contributed by atoms with Crippen molar-refractivity contribution in [2.45, 2.75) is 58.3 Å². The van der Waals surface area contributed by atoms with Crippen LogP contribution >= 0.6 is 0 Å². The fourth-order valence-electron chi connectivity index (χ4n) is 3.16. The summed E-state index contributed by atoms with van der Waals surface area (Å²) >= 11 is 0. The first kappa shape index (κ1) is 15.8. The van der Waals surface area contributed by atoms with E-state index < -0.39 is 5.92 Å². The topological polar surface area (TPSA) is 40.9 Å². The minimum Gasteiger partial charge on any atom is -0.298 e. The van der Waals surface area contributed by atoms with Crippen LogP contribution in [0.2, 0.25) is 0 Å². The maximum absolute atomic E-state index is 12.6. The Balaban J connectivity index is 2.12. The second-order valence-corrected chi connectivity index (χ2v) is 6.74. The van der Waals surface area contributed by atoms with Crippen molar-refractivity contribution in [2.75, 3.05) is 0 Å². The maximum atomic E-state index is 12.6. The molecule has 0 amide bonds. The number of nitriles is 1. The zero-order valence-corrected chi connectivity index (χ0v) is 13.3. The molecule has 0 aromatic heterocycles. The van der Waals surface area contributed by atoms with E-state index >= 15 is 0 Å². The fourth-order valence-corrected chi connectivity index (χ4v) is 3.16. The summed E-state index contributed by atoms with van der Waals surface area (Å²) in [6.45, 7) is 6.53. The van der Waals surface area contributed by atoms with Gasteiger partial charge in [-0.25, -0.2) is 0 Å². The van der Waals surface area contributed by atoms with Gasteiger partial charge < -0.3 is 0 Å². The van der Waals surface area contributed by atoms with Gasteiger partial charge >= 0.3 is 0 Å². The van der Waals surface area contributed by atoms with Gasteiger partial charge in [0.15, 0.2) is 5.78 Å². The zero-order chi connectivity index (χ0) is 15.4. The molecule has 0 bridgehead atoms. The SMILES string of the molecule is CC1CCC(C(=O)C(C#N)c2ccc(C(C)C)cc2)CC1. The van der Waals surface area contributed by atoms with E-state index in [-0.39, 0.29) is 11.7 Å². The van der Waals surface area contributed by atoms with E-state index in [2.05, 4.69) is 26.8 Å². The van der Waals surface area contributed by atoms with E-state index in [1.807, 2.05) is 24.3 Å². The number of hydrogen-bond donors (Lipinski definition) is 0. The smallest absolute Gasteiger partial charge is 0.157 e. The molecule has 1 unspecified atom stereocenters. The van der Waals surface area contributed by atoms with Crippen LogP contribution in [0.25, 0.3) is 0 Å². The second-order valence-electron chi connectivity index (χ2n) is 6.74. The molecule has 0 N–H and O–H groups in total. The van der Waals surface area contributed by atoms with Crippen molar-refractivity contribution in [1.82, 2.24) is 0 Å². The highest BCUT2D eigenvalue weighted by Gasteiger charge is 2.30. The summed E-state index contributed by atoms with van der Waals surface area (Å²) in [5.74, 6) is 0.803. The number of Topliss-reactive ketones (excluding diaryl/α,β-unsaturated/α-hetero) is 1. The van der Waals surface area contributed by atoms with Gasteiger partial charge in [0.2, 0.25) is 0 Å². The monoisotopic (exact) mass is 283 g/mol. The lowest BCUT2D eigenvalue weighted by Gasteiger charge is -2.26. The fraction of sp³-hybridized carbons (Fsp3) is 0.579. The third-order valence-electron chi connectivity index (χ3n) is 4.77. The molecule has 0 saturated heterocycles. The van der Waals surface area contributed by atoms with Gasteiger partial charge in [-0.05, 0) is 35.8 Å². The number of rotatable bonds is 4. The van der Waals surface area contributed by atoms with Crippen molar-refractivity contribution in [3.8, 4) is 6.07 Å². The second kappa shape index (κ2) is 6.89. The van der Waals surface area contributed by atoms with Crippen molar-refractivity contribution < 1.29 is 4.79 Å². The van der Waals surface area contributed by atoms with E-state index in [0.29, 0.717) is 5.92 Å². The maximum Gasteiger partial charge on any atom is 0.157 e. The van der Waals surface area contributed by atoms with Gasteiger partial charge in [-0.2, -0.15) is 5.26 Å². The van der Waals surface area contributed by atoms with E-state index in [1.165, 1.54) is 5.56 Å². The van der Waals surface area contributed by atoms with E-state index in [1.54, 1.807) is 0 Å². The minimum absolute atomic E-state index is 0.0793. The summed E-state index contributed by atoms with van der Waals surface area (Å²) in [4.78, 5) is 12.6. The lowest BCUT2D eigenvalue weighted by Crippen LogP contribution is -2.25. The highest BCUT2D eigenvalue weighted by molar-refractivity contribution is 5.90. The molecule has 2 rings (SSSR count). The molecule has 0 heterocycles. The lowest BCUT2D eigenvalue weighted by atomic mass is 9.76. The predicted octanol–water partition coefficient (Wildman–Crippen LogP) is 4.81. The lowest BCUT2D eigenvalue weighted by molar-refractivity contribution is -0.124. The van der Waals surface area contributed by atoms with Gasteiger partial charge in [-0.3, -0.25) is 4.79 Å². The summed E-state index contributed by atoms with van der Waals surface area (Å²) in [7, 11) is 0. The molecule has 0 radical (unpaired) electrons. The Kier molecular flexibility index (Phi) is 5.17. The Labute approximate surface area is 128 Å². The molecule has 1 aromatic carbocycles. The molecule has 1 aromatic rings. The van der Waals surface area contributed by atoms with Crippen molar-refractivity contribution in [1.29, 1.82) is 5.26 Å². The Morgan fingerprint density at radius 3 is 2.10 bits per heavy atom.